The third-order valence-electron chi connectivity index (χ3n) is 6.42. The summed E-state index contributed by atoms with van der Waals surface area (Å²) < 4.78 is 16.8. The Hall–Kier alpha value is -2.19. The SMILES string of the molecule is CN=C(NCC(C)(C)N1CC(C)OC(C)C1)NC1CCN(c2cc(OC)cc(OC)c2)C1. The second kappa shape index (κ2) is 10.6. The molecule has 0 aromatic heterocycles. The van der Waals surface area contributed by atoms with Gasteiger partial charge in [0, 0.05) is 75.2 Å². The second-order valence-electron chi connectivity index (χ2n) is 9.55. The van der Waals surface area contributed by atoms with Gasteiger partial charge >= 0.3 is 0 Å². The normalized spacial score (nSPS) is 25.0. The number of methoxy groups -OCH3 is 2. The Morgan fingerprint density at radius 3 is 2.28 bits per heavy atom. The third-order valence-corrected chi connectivity index (χ3v) is 6.42. The van der Waals surface area contributed by atoms with E-state index >= 15 is 0 Å². The van der Waals surface area contributed by atoms with Crippen molar-refractivity contribution in [3.8, 4) is 11.5 Å². The molecule has 0 saturated carbocycles. The Labute approximate surface area is 193 Å². The van der Waals surface area contributed by atoms with Crippen LogP contribution in [0.4, 0.5) is 5.69 Å². The fourth-order valence-electron chi connectivity index (χ4n) is 4.56. The fourth-order valence-corrected chi connectivity index (χ4v) is 4.56. The maximum Gasteiger partial charge on any atom is 0.191 e. The lowest BCUT2D eigenvalue weighted by molar-refractivity contribution is -0.0946. The predicted octanol–water partition coefficient (Wildman–Crippen LogP) is 2.34. The van der Waals surface area contributed by atoms with Gasteiger partial charge in [0.05, 0.1) is 26.4 Å². The largest absolute Gasteiger partial charge is 0.497 e. The molecule has 3 rings (SSSR count). The smallest absolute Gasteiger partial charge is 0.191 e. The van der Waals surface area contributed by atoms with Gasteiger partial charge in [-0.3, -0.25) is 9.89 Å². The molecule has 0 amide bonds. The molecule has 2 fully saturated rings. The van der Waals surface area contributed by atoms with Crippen molar-refractivity contribution in [2.45, 2.75) is 57.9 Å². The van der Waals surface area contributed by atoms with Crippen molar-refractivity contribution < 1.29 is 14.2 Å². The molecule has 2 heterocycles. The van der Waals surface area contributed by atoms with Gasteiger partial charge in [0.25, 0.3) is 0 Å². The monoisotopic (exact) mass is 447 g/mol. The van der Waals surface area contributed by atoms with Crippen LogP contribution in [-0.2, 0) is 4.74 Å². The molecule has 8 nitrogen and oxygen atoms in total. The van der Waals surface area contributed by atoms with Crippen molar-refractivity contribution >= 4 is 11.6 Å². The number of aliphatic imine (C=N–C) groups is 1. The number of rotatable bonds is 7. The number of nitrogens with zero attached hydrogens (tertiary/aromatic N) is 3. The van der Waals surface area contributed by atoms with Crippen LogP contribution < -0.4 is 25.0 Å². The summed E-state index contributed by atoms with van der Waals surface area (Å²) in [6.45, 7) is 13.5. The van der Waals surface area contributed by atoms with E-state index in [1.54, 1.807) is 14.2 Å². The quantitative estimate of drug-likeness (QED) is 0.491. The minimum atomic E-state index is 0.00275. The van der Waals surface area contributed by atoms with Gasteiger partial charge in [-0.25, -0.2) is 0 Å². The Bertz CT molecular complexity index is 753. The van der Waals surface area contributed by atoms with Crippen LogP contribution in [0, 0.1) is 0 Å². The highest BCUT2D eigenvalue weighted by Crippen LogP contribution is 2.30. The highest BCUT2D eigenvalue weighted by atomic mass is 16.5. The predicted molar refractivity (Wildman–Crippen MR) is 130 cm³/mol. The molecule has 2 N–H and O–H groups in total. The van der Waals surface area contributed by atoms with E-state index in [9.17, 15) is 0 Å². The van der Waals surface area contributed by atoms with Crippen LogP contribution >= 0.6 is 0 Å². The van der Waals surface area contributed by atoms with E-state index in [0.717, 1.165) is 62.3 Å². The van der Waals surface area contributed by atoms with Crippen molar-refractivity contribution in [1.29, 1.82) is 0 Å². The highest BCUT2D eigenvalue weighted by molar-refractivity contribution is 5.80. The molecule has 0 radical (unpaired) electrons. The minimum absolute atomic E-state index is 0.00275. The molecule has 2 saturated heterocycles. The second-order valence-corrected chi connectivity index (χ2v) is 9.55. The summed E-state index contributed by atoms with van der Waals surface area (Å²) in [6.07, 6.45) is 1.56. The van der Waals surface area contributed by atoms with Crippen LogP contribution in [0.15, 0.2) is 23.2 Å². The van der Waals surface area contributed by atoms with Crippen LogP contribution in [0.1, 0.15) is 34.1 Å². The van der Waals surface area contributed by atoms with Gasteiger partial charge in [0.15, 0.2) is 5.96 Å². The van der Waals surface area contributed by atoms with Crippen molar-refractivity contribution in [1.82, 2.24) is 15.5 Å². The molecule has 3 atom stereocenters. The zero-order valence-corrected chi connectivity index (χ0v) is 20.8. The first-order chi connectivity index (χ1) is 15.2. The minimum Gasteiger partial charge on any atom is -0.497 e. The zero-order valence-electron chi connectivity index (χ0n) is 20.8. The summed E-state index contributed by atoms with van der Waals surface area (Å²) in [6, 6.07) is 6.35. The molecular formula is C24H41N5O3. The fraction of sp³-hybridized carbons (Fsp3) is 0.708. The van der Waals surface area contributed by atoms with Crippen LogP contribution in [0.5, 0.6) is 11.5 Å². The Morgan fingerprint density at radius 2 is 1.72 bits per heavy atom. The first-order valence-electron chi connectivity index (χ1n) is 11.6. The maximum atomic E-state index is 5.90. The summed E-state index contributed by atoms with van der Waals surface area (Å²) in [5.41, 5.74) is 1.12. The van der Waals surface area contributed by atoms with E-state index in [-0.39, 0.29) is 17.7 Å². The molecule has 0 bridgehead atoms. The number of guanidine groups is 1. The Kier molecular flexibility index (Phi) is 8.11. The molecule has 32 heavy (non-hydrogen) atoms. The zero-order chi connectivity index (χ0) is 23.3. The van der Waals surface area contributed by atoms with Crippen molar-refractivity contribution in [2.24, 2.45) is 4.99 Å². The van der Waals surface area contributed by atoms with Crippen LogP contribution in [-0.4, -0.2) is 88.6 Å². The average molecular weight is 448 g/mol. The van der Waals surface area contributed by atoms with Gasteiger partial charge in [-0.2, -0.15) is 0 Å². The third kappa shape index (κ3) is 6.19. The number of anilines is 1. The van der Waals surface area contributed by atoms with E-state index in [1.807, 2.05) is 13.1 Å². The molecule has 8 heteroatoms. The molecule has 180 valence electrons. The summed E-state index contributed by atoms with van der Waals surface area (Å²) in [5.74, 6) is 2.46. The van der Waals surface area contributed by atoms with Gasteiger partial charge in [0.2, 0.25) is 0 Å². The number of ether oxygens (including phenoxy) is 3. The molecular weight excluding hydrogens is 406 g/mol. The summed E-state index contributed by atoms with van der Waals surface area (Å²) in [5, 5.41) is 7.16. The van der Waals surface area contributed by atoms with E-state index in [0.29, 0.717) is 6.04 Å². The number of morpholine rings is 1. The first-order valence-corrected chi connectivity index (χ1v) is 11.6. The van der Waals surface area contributed by atoms with Crippen molar-refractivity contribution in [2.75, 3.05) is 58.9 Å². The first kappa shape index (κ1) is 24.5. The molecule has 3 unspecified atom stereocenters. The molecule has 0 aliphatic carbocycles. The van der Waals surface area contributed by atoms with E-state index in [1.165, 1.54) is 0 Å². The molecule has 2 aliphatic rings. The molecule has 2 aliphatic heterocycles. The van der Waals surface area contributed by atoms with E-state index in [2.05, 4.69) is 65.3 Å². The summed E-state index contributed by atoms with van der Waals surface area (Å²) >= 11 is 0. The molecule has 0 spiro atoms. The van der Waals surface area contributed by atoms with Crippen LogP contribution in [0.3, 0.4) is 0 Å². The van der Waals surface area contributed by atoms with Crippen molar-refractivity contribution in [3.05, 3.63) is 18.2 Å². The highest BCUT2D eigenvalue weighted by Gasteiger charge is 2.33. The number of hydrogen-bond acceptors (Lipinski definition) is 6. The van der Waals surface area contributed by atoms with Crippen molar-refractivity contribution in [3.63, 3.8) is 0 Å². The number of hydrogen-bond donors (Lipinski definition) is 2. The lowest BCUT2D eigenvalue weighted by Crippen LogP contribution is -2.59. The lowest BCUT2D eigenvalue weighted by Gasteiger charge is -2.45. The standard InChI is InChI=1S/C24H41N5O3/c1-17-13-29(14-18(2)32-17)24(3,4)16-26-23(25-5)27-19-8-9-28(15-19)20-10-21(30-6)12-22(11-20)31-7/h10-12,17-19H,8-9,13-16H2,1-7H3,(H2,25,26,27). The van der Waals surface area contributed by atoms with Gasteiger partial charge in [-0.1, -0.05) is 0 Å². The number of nitrogens with one attached hydrogen (secondary N) is 2. The van der Waals surface area contributed by atoms with E-state index in [4.69, 9.17) is 14.2 Å². The number of benzene rings is 1. The Morgan fingerprint density at radius 1 is 1.09 bits per heavy atom. The average Bonchev–Trinajstić information content (AvgIpc) is 3.24. The van der Waals surface area contributed by atoms with Gasteiger partial charge < -0.3 is 29.7 Å². The molecule has 1 aromatic rings. The topological polar surface area (TPSA) is 70.6 Å². The van der Waals surface area contributed by atoms with Crippen LogP contribution in [0.25, 0.3) is 0 Å². The van der Waals surface area contributed by atoms with E-state index < -0.39 is 0 Å². The summed E-state index contributed by atoms with van der Waals surface area (Å²) in [7, 11) is 5.20. The van der Waals surface area contributed by atoms with Gasteiger partial charge in [-0.05, 0) is 34.1 Å². The lowest BCUT2D eigenvalue weighted by atomic mass is 10.00. The van der Waals surface area contributed by atoms with Gasteiger partial charge in [-0.15, -0.1) is 0 Å². The summed E-state index contributed by atoms with van der Waals surface area (Å²) in [4.78, 5) is 9.35. The Balaban J connectivity index is 1.54. The van der Waals surface area contributed by atoms with Crippen LogP contribution in [0.2, 0.25) is 0 Å². The molecule has 1 aromatic carbocycles. The van der Waals surface area contributed by atoms with Gasteiger partial charge in [0.1, 0.15) is 11.5 Å². The maximum absolute atomic E-state index is 5.90.